The molecule has 0 radical (unpaired) electrons. The third-order valence-corrected chi connectivity index (χ3v) is 8.54. The molecule has 0 saturated heterocycles. The number of rotatable bonds is 12. The molecule has 1 aliphatic heterocycles. The number of nitrogens with zero attached hydrogens (tertiary/aromatic N) is 2. The van der Waals surface area contributed by atoms with Gasteiger partial charge in [0, 0.05) is 25.0 Å². The maximum Gasteiger partial charge on any atom is 0.271 e. The Morgan fingerprint density at radius 2 is 1.72 bits per heavy atom. The van der Waals surface area contributed by atoms with Crippen LogP contribution < -0.4 is 19.5 Å². The third kappa shape index (κ3) is 7.94. The van der Waals surface area contributed by atoms with E-state index in [0.717, 1.165) is 48.0 Å². The van der Waals surface area contributed by atoms with Crippen LogP contribution in [0.1, 0.15) is 71.0 Å². The molecule has 0 fully saturated rings. The summed E-state index contributed by atoms with van der Waals surface area (Å²) < 4.78 is 16.5. The smallest absolute Gasteiger partial charge is 0.271 e. The van der Waals surface area contributed by atoms with Gasteiger partial charge in [0.1, 0.15) is 16.5 Å². The number of carbonyl (C=O) groups is 1. The van der Waals surface area contributed by atoms with Crippen molar-refractivity contribution in [2.45, 2.75) is 65.6 Å². The molecule has 3 aromatic carbocycles. The number of methoxy groups -OCH3 is 1. The van der Waals surface area contributed by atoms with Crippen molar-refractivity contribution in [2.24, 2.45) is 0 Å². The summed E-state index contributed by atoms with van der Waals surface area (Å²) in [6, 6.07) is 21.1. The third-order valence-electron chi connectivity index (χ3n) is 7.71. The monoisotopic (exact) mass is 599 g/mol. The van der Waals surface area contributed by atoms with Gasteiger partial charge in [0.15, 0.2) is 11.5 Å². The highest BCUT2D eigenvalue weighted by molar-refractivity contribution is 7.09. The van der Waals surface area contributed by atoms with Crippen LogP contribution in [0.2, 0.25) is 0 Å². The van der Waals surface area contributed by atoms with Gasteiger partial charge in [-0.1, -0.05) is 70.2 Å². The number of amides is 1. The molecule has 1 aliphatic rings. The van der Waals surface area contributed by atoms with Crippen molar-refractivity contribution in [3.8, 4) is 17.2 Å². The van der Waals surface area contributed by atoms with Gasteiger partial charge in [-0.25, -0.2) is 4.98 Å². The van der Waals surface area contributed by atoms with E-state index >= 15 is 0 Å². The molecular formula is C35H41N3O4S. The Morgan fingerprint density at radius 1 is 0.977 bits per heavy atom. The molecule has 1 aromatic heterocycles. The molecule has 1 amide bonds. The van der Waals surface area contributed by atoms with Gasteiger partial charge in [-0.2, -0.15) is 0 Å². The van der Waals surface area contributed by atoms with Crippen LogP contribution in [0.4, 0.5) is 0 Å². The van der Waals surface area contributed by atoms with E-state index in [0.29, 0.717) is 24.5 Å². The molecule has 0 bridgehead atoms. The maximum atomic E-state index is 12.9. The van der Waals surface area contributed by atoms with Gasteiger partial charge in [0.25, 0.3) is 5.91 Å². The SMILES string of the molecule is CCc1ccc(CCN(Cc2ccc(C(C)(C)C)cc2)Cc2nc(C(=O)NCc3ccc4c(c3)OCO4)cs2)cc1OC. The number of aryl methyl sites for hydroxylation is 1. The molecule has 43 heavy (non-hydrogen) atoms. The fraction of sp³-hybridized carbons (Fsp3) is 0.371. The van der Waals surface area contributed by atoms with Gasteiger partial charge in [-0.05, 0) is 64.3 Å². The number of aromatic nitrogens is 1. The molecule has 8 heteroatoms. The molecule has 0 saturated carbocycles. The van der Waals surface area contributed by atoms with Crippen molar-refractivity contribution in [3.63, 3.8) is 0 Å². The highest BCUT2D eigenvalue weighted by Gasteiger charge is 2.18. The van der Waals surface area contributed by atoms with Crippen molar-refractivity contribution >= 4 is 17.2 Å². The molecule has 0 aliphatic carbocycles. The first-order valence-electron chi connectivity index (χ1n) is 14.8. The summed E-state index contributed by atoms with van der Waals surface area (Å²) >= 11 is 1.52. The fourth-order valence-electron chi connectivity index (χ4n) is 5.11. The van der Waals surface area contributed by atoms with Crippen molar-refractivity contribution in [3.05, 3.63) is 105 Å². The van der Waals surface area contributed by atoms with E-state index < -0.39 is 0 Å². The summed E-state index contributed by atoms with van der Waals surface area (Å²) in [5.74, 6) is 2.19. The molecule has 0 unspecified atom stereocenters. The van der Waals surface area contributed by atoms with Gasteiger partial charge >= 0.3 is 0 Å². The Morgan fingerprint density at radius 3 is 2.47 bits per heavy atom. The summed E-state index contributed by atoms with van der Waals surface area (Å²) in [6.45, 7) is 11.8. The molecule has 226 valence electrons. The highest BCUT2D eigenvalue weighted by atomic mass is 32.1. The minimum atomic E-state index is -0.187. The minimum absolute atomic E-state index is 0.114. The molecule has 2 heterocycles. The molecule has 4 aromatic rings. The van der Waals surface area contributed by atoms with Crippen molar-refractivity contribution in [2.75, 3.05) is 20.4 Å². The summed E-state index contributed by atoms with van der Waals surface area (Å²) in [5.41, 5.74) is 6.53. The fourth-order valence-corrected chi connectivity index (χ4v) is 5.92. The topological polar surface area (TPSA) is 72.9 Å². The van der Waals surface area contributed by atoms with E-state index in [9.17, 15) is 4.79 Å². The Kier molecular flexibility index (Phi) is 9.68. The zero-order valence-corrected chi connectivity index (χ0v) is 26.6. The van der Waals surface area contributed by atoms with Gasteiger partial charge in [-0.3, -0.25) is 9.69 Å². The standard InChI is InChI=1S/C35H41N3O4S/c1-6-27-11-7-24(17-31(27)40-5)15-16-38(20-25-8-12-28(13-9-25)35(2,3)4)21-33-37-29(22-43-33)34(39)36-19-26-10-14-30-32(18-26)42-23-41-30/h7-14,17-18,22H,6,15-16,19-21,23H2,1-5H3,(H,36,39). The van der Waals surface area contributed by atoms with Crippen LogP contribution in [-0.4, -0.2) is 36.2 Å². The van der Waals surface area contributed by atoms with Crippen LogP contribution >= 0.6 is 11.3 Å². The quantitative estimate of drug-likeness (QED) is 0.191. The molecule has 0 atom stereocenters. The van der Waals surface area contributed by atoms with E-state index in [-0.39, 0.29) is 18.1 Å². The molecule has 5 rings (SSSR count). The predicted molar refractivity (Wildman–Crippen MR) is 171 cm³/mol. The number of nitrogens with one attached hydrogen (secondary N) is 1. The first kappa shape index (κ1) is 30.6. The summed E-state index contributed by atoms with van der Waals surface area (Å²) in [5, 5.41) is 5.74. The molecule has 0 spiro atoms. The van der Waals surface area contributed by atoms with E-state index in [4.69, 9.17) is 19.2 Å². The lowest BCUT2D eigenvalue weighted by molar-refractivity contribution is 0.0946. The van der Waals surface area contributed by atoms with Gasteiger partial charge < -0.3 is 19.5 Å². The second-order valence-electron chi connectivity index (χ2n) is 11.9. The van der Waals surface area contributed by atoms with Crippen LogP contribution in [0.5, 0.6) is 17.2 Å². The minimum Gasteiger partial charge on any atom is -0.496 e. The first-order valence-corrected chi connectivity index (χ1v) is 15.7. The summed E-state index contributed by atoms with van der Waals surface area (Å²) in [6.07, 6.45) is 1.82. The van der Waals surface area contributed by atoms with E-state index in [1.54, 1.807) is 7.11 Å². The van der Waals surface area contributed by atoms with Crippen LogP contribution in [0.15, 0.2) is 66.0 Å². The largest absolute Gasteiger partial charge is 0.496 e. The lowest BCUT2D eigenvalue weighted by Gasteiger charge is -2.23. The number of thiazole rings is 1. The highest BCUT2D eigenvalue weighted by Crippen LogP contribution is 2.32. The van der Waals surface area contributed by atoms with Crippen molar-refractivity contribution in [1.29, 1.82) is 0 Å². The lowest BCUT2D eigenvalue weighted by Crippen LogP contribution is -2.26. The van der Waals surface area contributed by atoms with E-state index in [2.05, 4.69) is 80.4 Å². The van der Waals surface area contributed by atoms with E-state index in [1.807, 2.05) is 23.6 Å². The molecule has 7 nitrogen and oxygen atoms in total. The van der Waals surface area contributed by atoms with Gasteiger partial charge in [0.2, 0.25) is 6.79 Å². The van der Waals surface area contributed by atoms with Crippen LogP contribution in [0.25, 0.3) is 0 Å². The number of ether oxygens (including phenoxy) is 3. The van der Waals surface area contributed by atoms with Crippen LogP contribution in [0.3, 0.4) is 0 Å². The second kappa shape index (κ2) is 13.6. The number of fused-ring (bicyclic) bond motifs is 1. The van der Waals surface area contributed by atoms with Crippen molar-refractivity contribution in [1.82, 2.24) is 15.2 Å². The average Bonchev–Trinajstić information content (AvgIpc) is 3.68. The van der Waals surface area contributed by atoms with Crippen molar-refractivity contribution < 1.29 is 19.0 Å². The maximum absolute atomic E-state index is 12.9. The Bertz CT molecular complexity index is 1540. The Labute approximate surface area is 258 Å². The van der Waals surface area contributed by atoms with Crippen LogP contribution in [0, 0.1) is 0 Å². The number of hydrogen-bond donors (Lipinski definition) is 1. The Balaban J connectivity index is 1.25. The molecule has 1 N–H and O–H groups in total. The van der Waals surface area contributed by atoms with Gasteiger partial charge in [0.05, 0.1) is 13.7 Å². The number of hydrogen-bond acceptors (Lipinski definition) is 7. The first-order chi connectivity index (χ1) is 20.7. The van der Waals surface area contributed by atoms with Crippen LogP contribution in [-0.2, 0) is 37.9 Å². The average molecular weight is 600 g/mol. The predicted octanol–water partition coefficient (Wildman–Crippen LogP) is 6.92. The second-order valence-corrected chi connectivity index (χ2v) is 12.8. The zero-order valence-electron chi connectivity index (χ0n) is 25.7. The number of carbonyl (C=O) groups excluding carboxylic acids is 1. The summed E-state index contributed by atoms with van der Waals surface area (Å²) in [7, 11) is 1.73. The Hall–Kier alpha value is -3.88. The summed E-state index contributed by atoms with van der Waals surface area (Å²) in [4.78, 5) is 20.0. The zero-order chi connectivity index (χ0) is 30.4. The van der Waals surface area contributed by atoms with Gasteiger partial charge in [-0.15, -0.1) is 11.3 Å². The lowest BCUT2D eigenvalue weighted by atomic mass is 9.87. The molecular weight excluding hydrogens is 558 g/mol. The van der Waals surface area contributed by atoms with E-state index in [1.165, 1.54) is 33.6 Å². The number of benzene rings is 3. The normalized spacial score (nSPS) is 12.5.